The number of carbonyl (C=O) groups is 1. The summed E-state index contributed by atoms with van der Waals surface area (Å²) in [4.78, 5) is 22.6. The summed E-state index contributed by atoms with van der Waals surface area (Å²) < 4.78 is 10.5. The number of ketones is 1. The highest BCUT2D eigenvalue weighted by Gasteiger charge is 2.15. The predicted octanol–water partition coefficient (Wildman–Crippen LogP) is 4.28. The van der Waals surface area contributed by atoms with E-state index in [1.807, 2.05) is 0 Å². The molecule has 0 bridgehead atoms. The van der Waals surface area contributed by atoms with Crippen LogP contribution < -0.4 is 4.74 Å². The van der Waals surface area contributed by atoms with Gasteiger partial charge in [-0.05, 0) is 24.3 Å². The van der Waals surface area contributed by atoms with E-state index in [4.69, 9.17) is 20.8 Å². The van der Waals surface area contributed by atoms with Gasteiger partial charge in [-0.15, -0.1) is 10.2 Å². The van der Waals surface area contributed by atoms with Gasteiger partial charge in [-0.25, -0.2) is 0 Å². The molecule has 138 valence electrons. The minimum atomic E-state index is -0.506. The van der Waals surface area contributed by atoms with Crippen molar-refractivity contribution >= 4 is 34.8 Å². The molecule has 1 aromatic heterocycles. The number of hydrogen-bond acceptors (Lipinski definition) is 8. The van der Waals surface area contributed by atoms with Crippen LogP contribution in [0.4, 0.5) is 5.69 Å². The Kier molecular flexibility index (Phi) is 5.72. The van der Waals surface area contributed by atoms with Crippen molar-refractivity contribution < 1.29 is 18.9 Å². The van der Waals surface area contributed by atoms with Crippen LogP contribution >= 0.6 is 23.4 Å². The van der Waals surface area contributed by atoms with Crippen LogP contribution in [0.25, 0.3) is 11.5 Å². The van der Waals surface area contributed by atoms with Gasteiger partial charge in [0.25, 0.3) is 10.9 Å². The van der Waals surface area contributed by atoms with Crippen LogP contribution in [0, 0.1) is 10.1 Å². The molecule has 1 heterocycles. The minimum absolute atomic E-state index is 0.0687. The predicted molar refractivity (Wildman–Crippen MR) is 99.4 cm³/mol. The van der Waals surface area contributed by atoms with Crippen LogP contribution in [0.2, 0.25) is 5.02 Å². The Labute approximate surface area is 162 Å². The number of nitro groups is 1. The molecule has 3 aromatic rings. The number of rotatable bonds is 7. The lowest BCUT2D eigenvalue weighted by Gasteiger charge is -2.04. The fourth-order valence-electron chi connectivity index (χ4n) is 2.19. The molecule has 0 saturated heterocycles. The molecule has 3 rings (SSSR count). The molecule has 0 atom stereocenters. The number of carbonyl (C=O) groups excluding carboxylic acids is 1. The van der Waals surface area contributed by atoms with Gasteiger partial charge in [-0.1, -0.05) is 29.4 Å². The average Bonchev–Trinajstić information content (AvgIpc) is 3.15. The molecule has 0 spiro atoms. The summed E-state index contributed by atoms with van der Waals surface area (Å²) in [5, 5.41) is 19.1. The Morgan fingerprint density at radius 2 is 2.11 bits per heavy atom. The maximum Gasteiger partial charge on any atom is 0.277 e. The van der Waals surface area contributed by atoms with Crippen molar-refractivity contribution in [2.75, 3.05) is 12.9 Å². The molecule has 0 aliphatic heterocycles. The Hall–Kier alpha value is -2.91. The van der Waals surface area contributed by atoms with E-state index in [0.29, 0.717) is 21.9 Å². The third-order valence-corrected chi connectivity index (χ3v) is 4.62. The van der Waals surface area contributed by atoms with Crippen LogP contribution in [-0.4, -0.2) is 33.8 Å². The van der Waals surface area contributed by atoms with Crippen molar-refractivity contribution in [3.05, 3.63) is 63.2 Å². The molecular formula is C17H12ClN3O5S. The number of thioether (sulfide) groups is 1. The number of hydrogen-bond donors (Lipinski definition) is 0. The van der Waals surface area contributed by atoms with E-state index in [9.17, 15) is 14.9 Å². The summed E-state index contributed by atoms with van der Waals surface area (Å²) in [7, 11) is 1.49. The van der Waals surface area contributed by atoms with Crippen molar-refractivity contribution in [3.63, 3.8) is 0 Å². The standard InChI is InChI=1S/C17H12ClN3O5S/c1-25-15-6-5-10(8-13(15)18)14(22)9-27-17-20-19-16(26-17)11-3-2-4-12(7-11)21(23)24/h2-8H,9H2,1H3. The smallest absolute Gasteiger partial charge is 0.277 e. The van der Waals surface area contributed by atoms with Gasteiger partial charge in [0, 0.05) is 23.3 Å². The lowest BCUT2D eigenvalue weighted by molar-refractivity contribution is -0.384. The van der Waals surface area contributed by atoms with Crippen molar-refractivity contribution in [2.24, 2.45) is 0 Å². The summed E-state index contributed by atoms with van der Waals surface area (Å²) in [6, 6.07) is 10.6. The second kappa shape index (κ2) is 8.19. The first-order chi connectivity index (χ1) is 13.0. The van der Waals surface area contributed by atoms with E-state index < -0.39 is 4.92 Å². The number of ether oxygens (including phenoxy) is 1. The Bertz CT molecular complexity index is 1010. The first kappa shape index (κ1) is 18.9. The number of nitro benzene ring substituents is 1. The van der Waals surface area contributed by atoms with E-state index in [1.54, 1.807) is 18.2 Å². The number of benzene rings is 2. The molecule has 8 nitrogen and oxygen atoms in total. The third-order valence-electron chi connectivity index (χ3n) is 3.51. The molecule has 2 aromatic carbocycles. The molecule has 0 aliphatic rings. The monoisotopic (exact) mass is 405 g/mol. The first-order valence-corrected chi connectivity index (χ1v) is 8.92. The van der Waals surface area contributed by atoms with Gasteiger partial charge in [-0.3, -0.25) is 14.9 Å². The topological polar surface area (TPSA) is 108 Å². The molecule has 27 heavy (non-hydrogen) atoms. The largest absolute Gasteiger partial charge is 0.495 e. The first-order valence-electron chi connectivity index (χ1n) is 7.56. The van der Waals surface area contributed by atoms with Gasteiger partial charge in [-0.2, -0.15) is 0 Å². The highest BCUT2D eigenvalue weighted by atomic mass is 35.5. The van der Waals surface area contributed by atoms with Crippen molar-refractivity contribution in [3.8, 4) is 17.2 Å². The summed E-state index contributed by atoms with van der Waals surface area (Å²) in [5.74, 6) is 0.527. The average molecular weight is 406 g/mol. The van der Waals surface area contributed by atoms with Gasteiger partial charge >= 0.3 is 0 Å². The van der Waals surface area contributed by atoms with Crippen LogP contribution in [-0.2, 0) is 0 Å². The molecule has 0 aliphatic carbocycles. The quantitative estimate of drug-likeness (QED) is 0.248. The lowest BCUT2D eigenvalue weighted by Crippen LogP contribution is -2.02. The molecule has 0 unspecified atom stereocenters. The Morgan fingerprint density at radius 3 is 2.81 bits per heavy atom. The number of halogens is 1. The maximum absolute atomic E-state index is 12.3. The highest BCUT2D eigenvalue weighted by molar-refractivity contribution is 7.99. The number of non-ortho nitro benzene ring substituents is 1. The summed E-state index contributed by atoms with van der Waals surface area (Å²) in [6.07, 6.45) is 0. The van der Waals surface area contributed by atoms with Crippen LogP contribution in [0.1, 0.15) is 10.4 Å². The maximum atomic E-state index is 12.3. The molecule has 0 fully saturated rings. The summed E-state index contributed by atoms with van der Waals surface area (Å²) >= 11 is 7.09. The second-order valence-electron chi connectivity index (χ2n) is 5.24. The number of methoxy groups -OCH3 is 1. The molecule has 0 N–H and O–H groups in total. The van der Waals surface area contributed by atoms with Gasteiger partial charge in [0.2, 0.25) is 5.89 Å². The van der Waals surface area contributed by atoms with Crippen molar-refractivity contribution in [1.29, 1.82) is 0 Å². The van der Waals surface area contributed by atoms with E-state index >= 15 is 0 Å². The van der Waals surface area contributed by atoms with E-state index in [-0.39, 0.29) is 28.3 Å². The molecular weight excluding hydrogens is 394 g/mol. The summed E-state index contributed by atoms with van der Waals surface area (Å²) in [6.45, 7) is 0. The van der Waals surface area contributed by atoms with Crippen LogP contribution in [0.15, 0.2) is 52.1 Å². The van der Waals surface area contributed by atoms with Gasteiger partial charge in [0.15, 0.2) is 5.78 Å². The number of Topliss-reactive ketones (excluding diaryl/α,β-unsaturated/α-hetero) is 1. The highest BCUT2D eigenvalue weighted by Crippen LogP contribution is 2.28. The number of aromatic nitrogens is 2. The van der Waals surface area contributed by atoms with E-state index in [2.05, 4.69) is 10.2 Å². The lowest BCUT2D eigenvalue weighted by atomic mass is 10.1. The van der Waals surface area contributed by atoms with Crippen LogP contribution in [0.5, 0.6) is 5.75 Å². The SMILES string of the molecule is COc1ccc(C(=O)CSc2nnc(-c3cccc([N+](=O)[O-])c3)o2)cc1Cl. The second-order valence-corrected chi connectivity index (χ2v) is 6.58. The normalized spacial score (nSPS) is 10.6. The zero-order chi connectivity index (χ0) is 19.4. The Balaban J connectivity index is 1.67. The van der Waals surface area contributed by atoms with Gasteiger partial charge in [0.1, 0.15) is 5.75 Å². The van der Waals surface area contributed by atoms with Gasteiger partial charge in [0.05, 0.1) is 22.8 Å². The fraction of sp³-hybridized carbons (Fsp3) is 0.118. The van der Waals surface area contributed by atoms with Gasteiger partial charge < -0.3 is 9.15 Å². The Morgan fingerprint density at radius 1 is 1.30 bits per heavy atom. The molecule has 0 radical (unpaired) electrons. The minimum Gasteiger partial charge on any atom is -0.495 e. The van der Waals surface area contributed by atoms with Crippen molar-refractivity contribution in [1.82, 2.24) is 10.2 Å². The molecule has 0 saturated carbocycles. The molecule has 0 amide bonds. The van der Waals surface area contributed by atoms with E-state index in [1.165, 1.54) is 31.4 Å². The zero-order valence-electron chi connectivity index (χ0n) is 13.9. The zero-order valence-corrected chi connectivity index (χ0v) is 15.5. The number of nitrogens with zero attached hydrogens (tertiary/aromatic N) is 3. The van der Waals surface area contributed by atoms with Crippen molar-refractivity contribution in [2.45, 2.75) is 5.22 Å². The molecule has 10 heteroatoms. The fourth-order valence-corrected chi connectivity index (χ4v) is 3.10. The van der Waals surface area contributed by atoms with E-state index in [0.717, 1.165) is 11.8 Å². The third kappa shape index (κ3) is 4.44. The summed E-state index contributed by atoms with van der Waals surface area (Å²) in [5.41, 5.74) is 0.787. The van der Waals surface area contributed by atoms with Crippen LogP contribution in [0.3, 0.4) is 0 Å².